The van der Waals surface area contributed by atoms with E-state index < -0.39 is 52.8 Å². The number of ether oxygens (including phenoxy) is 1. The molecule has 0 unspecified atom stereocenters. The minimum absolute atomic E-state index is 0.00607. The first kappa shape index (κ1) is 22.7. The predicted molar refractivity (Wildman–Crippen MR) is 85.2 cm³/mol. The Kier molecular flexibility index (Phi) is 8.96. The van der Waals surface area contributed by atoms with Crippen LogP contribution < -0.4 is 5.73 Å². The highest BCUT2D eigenvalue weighted by Gasteiger charge is 2.37. The monoisotopic (exact) mass is 386 g/mol. The molecule has 0 aliphatic rings. The van der Waals surface area contributed by atoms with Crippen molar-refractivity contribution < 1.29 is 27.6 Å². The van der Waals surface area contributed by atoms with E-state index in [-0.39, 0.29) is 6.42 Å². The maximum Gasteiger partial charge on any atom is 0.390 e. The number of aliphatic imine (C=N–C) groups is 1. The quantitative estimate of drug-likeness (QED) is 0.171. The van der Waals surface area contributed by atoms with E-state index in [1.165, 1.54) is 6.92 Å². The maximum absolute atomic E-state index is 12.6. The Labute approximate surface area is 146 Å². The number of carbonyl (C=O) groups excluding carboxylic acids is 1. The molecule has 0 aromatic rings. The van der Waals surface area contributed by atoms with Gasteiger partial charge in [-0.3, -0.25) is 10.1 Å². The van der Waals surface area contributed by atoms with E-state index in [0.29, 0.717) is 6.20 Å². The molecule has 0 aliphatic carbocycles. The minimum atomic E-state index is -4.57. The first-order chi connectivity index (χ1) is 11.5. The second-order valence-electron chi connectivity index (χ2n) is 4.63. The molecule has 0 spiro atoms. The fourth-order valence-electron chi connectivity index (χ4n) is 1.91. The highest BCUT2D eigenvalue weighted by Crippen LogP contribution is 2.23. The number of nitrogens with zero attached hydrogens (tertiary/aromatic N) is 3. The van der Waals surface area contributed by atoms with Gasteiger partial charge in [0, 0.05) is 6.54 Å². The van der Waals surface area contributed by atoms with Crippen LogP contribution in [-0.2, 0) is 9.53 Å². The Morgan fingerprint density at radius 3 is 2.44 bits per heavy atom. The molecule has 0 radical (unpaired) electrons. The van der Waals surface area contributed by atoms with E-state index >= 15 is 0 Å². The Hall–Kier alpha value is -2.30. The molecule has 0 amide bonds. The van der Waals surface area contributed by atoms with Crippen molar-refractivity contribution in [2.24, 2.45) is 10.7 Å². The molecule has 0 saturated heterocycles. The maximum atomic E-state index is 12.6. The molecule has 0 aromatic heterocycles. The number of nitrogens with two attached hydrogens (primary N) is 1. The predicted octanol–water partition coefficient (Wildman–Crippen LogP) is 2.38. The molecular weight excluding hydrogens is 369 g/mol. The lowest BCUT2D eigenvalue weighted by Crippen LogP contribution is -2.48. The van der Waals surface area contributed by atoms with Gasteiger partial charge in [0.05, 0.1) is 24.7 Å². The van der Waals surface area contributed by atoms with Crippen LogP contribution in [0.5, 0.6) is 0 Å². The van der Waals surface area contributed by atoms with Crippen molar-refractivity contribution in [3.8, 4) is 0 Å². The van der Waals surface area contributed by atoms with E-state index in [0.717, 1.165) is 12.0 Å². The molecule has 0 heterocycles. The molecule has 0 aliphatic heterocycles. The Balaban J connectivity index is 6.20. The van der Waals surface area contributed by atoms with Crippen LogP contribution in [0.4, 0.5) is 13.2 Å². The van der Waals surface area contributed by atoms with Crippen molar-refractivity contribution in [1.82, 2.24) is 4.90 Å². The summed E-state index contributed by atoms with van der Waals surface area (Å²) in [6.45, 7) is 3.93. The van der Waals surface area contributed by atoms with Crippen LogP contribution in [0.2, 0.25) is 0 Å². The first-order valence-corrected chi connectivity index (χ1v) is 7.27. The van der Waals surface area contributed by atoms with Crippen molar-refractivity contribution in [3.63, 3.8) is 0 Å². The summed E-state index contributed by atoms with van der Waals surface area (Å²) >= 11 is 5.54. The summed E-state index contributed by atoms with van der Waals surface area (Å²) in [6.07, 6.45) is -5.39. The molecule has 12 heteroatoms. The van der Waals surface area contributed by atoms with Gasteiger partial charge in [0.1, 0.15) is 11.2 Å². The zero-order valence-electron chi connectivity index (χ0n) is 13.5. The topological polar surface area (TPSA) is 111 Å². The smallest absolute Gasteiger partial charge is 0.390 e. The van der Waals surface area contributed by atoms with Gasteiger partial charge < -0.3 is 15.4 Å². The van der Waals surface area contributed by atoms with Crippen LogP contribution in [0.3, 0.4) is 0 Å². The summed E-state index contributed by atoms with van der Waals surface area (Å²) in [5.41, 5.74) is 4.37. The molecule has 0 saturated carbocycles. The summed E-state index contributed by atoms with van der Waals surface area (Å²) in [5.74, 6) is -1.51. The number of halogens is 4. The van der Waals surface area contributed by atoms with Crippen molar-refractivity contribution in [1.29, 1.82) is 0 Å². The first-order valence-electron chi connectivity index (χ1n) is 6.89. The number of hydrogen-bond acceptors (Lipinski definition) is 6. The largest absolute Gasteiger partial charge is 0.467 e. The summed E-state index contributed by atoms with van der Waals surface area (Å²) in [7, 11) is 1.04. The van der Waals surface area contributed by atoms with Crippen LogP contribution >= 0.6 is 11.6 Å². The van der Waals surface area contributed by atoms with Crippen LogP contribution in [0, 0.1) is 10.1 Å². The summed E-state index contributed by atoms with van der Waals surface area (Å²) in [5, 5.41) is 10.7. The van der Waals surface area contributed by atoms with Gasteiger partial charge in [0.25, 0.3) is 0 Å². The Bertz CT molecular complexity index is 578. The molecule has 0 aromatic carbocycles. The number of nitro groups is 1. The van der Waals surface area contributed by atoms with E-state index in [1.807, 2.05) is 0 Å². The third-order valence-electron chi connectivity index (χ3n) is 2.96. The third kappa shape index (κ3) is 7.42. The fourth-order valence-corrected chi connectivity index (χ4v) is 1.99. The highest BCUT2D eigenvalue weighted by molar-refractivity contribution is 6.30. The zero-order chi connectivity index (χ0) is 19.8. The van der Waals surface area contributed by atoms with Gasteiger partial charge in [-0.15, -0.1) is 0 Å². The summed E-state index contributed by atoms with van der Waals surface area (Å²) < 4.78 is 42.5. The SMILES string of the molecule is C=C(Cl)/N=C(\C(=C/N)[N+](=O)[O-])N(CCC(F)(F)F)[C@H](CC)C(=O)OC. The van der Waals surface area contributed by atoms with Gasteiger partial charge in [0.2, 0.25) is 5.84 Å². The number of hydrogen-bond donors (Lipinski definition) is 1. The highest BCUT2D eigenvalue weighted by atomic mass is 35.5. The second-order valence-corrected chi connectivity index (χ2v) is 5.06. The molecule has 0 fully saturated rings. The van der Waals surface area contributed by atoms with Crippen LogP contribution in [0.1, 0.15) is 19.8 Å². The molecule has 142 valence electrons. The normalized spacial score (nSPS) is 14.0. The van der Waals surface area contributed by atoms with E-state index in [9.17, 15) is 28.1 Å². The number of esters is 1. The molecule has 25 heavy (non-hydrogen) atoms. The molecule has 2 N–H and O–H groups in total. The lowest BCUT2D eigenvalue weighted by Gasteiger charge is -2.31. The van der Waals surface area contributed by atoms with E-state index in [2.05, 4.69) is 16.3 Å². The molecule has 1 atom stereocenters. The van der Waals surface area contributed by atoms with Crippen molar-refractivity contribution in [3.05, 3.63) is 33.7 Å². The third-order valence-corrected chi connectivity index (χ3v) is 3.04. The average Bonchev–Trinajstić information content (AvgIpc) is 2.48. The second kappa shape index (κ2) is 9.87. The summed E-state index contributed by atoms with van der Waals surface area (Å²) in [4.78, 5) is 26.5. The average molecular weight is 387 g/mol. The van der Waals surface area contributed by atoms with E-state index in [1.54, 1.807) is 0 Å². The standard InChI is InChI=1S/C13H18ClF3N4O4/c1-4-9(12(22)25-3)20(6-5-13(15,16)17)11(19-8(2)14)10(7-18)21(23)24/h7,9H,2,4-6,18H2,1,3H3/b10-7+,19-11+/t9-/m1/s1. The lowest BCUT2D eigenvalue weighted by molar-refractivity contribution is -0.416. The van der Waals surface area contributed by atoms with Crippen molar-refractivity contribution in [2.75, 3.05) is 13.7 Å². The van der Waals surface area contributed by atoms with Gasteiger partial charge in [-0.05, 0) is 6.42 Å². The number of carbonyl (C=O) groups is 1. The lowest BCUT2D eigenvalue weighted by atomic mass is 10.1. The summed E-state index contributed by atoms with van der Waals surface area (Å²) in [6, 6.07) is -1.27. The Morgan fingerprint density at radius 1 is 1.56 bits per heavy atom. The fraction of sp³-hybridized carbons (Fsp3) is 0.538. The number of methoxy groups -OCH3 is 1. The van der Waals surface area contributed by atoms with Gasteiger partial charge in [-0.1, -0.05) is 25.1 Å². The van der Waals surface area contributed by atoms with Gasteiger partial charge in [-0.2, -0.15) is 13.2 Å². The zero-order valence-corrected chi connectivity index (χ0v) is 14.3. The number of alkyl halides is 3. The van der Waals surface area contributed by atoms with Gasteiger partial charge in [0.15, 0.2) is 0 Å². The van der Waals surface area contributed by atoms with Crippen LogP contribution in [-0.4, -0.2) is 47.5 Å². The number of rotatable bonds is 8. The van der Waals surface area contributed by atoms with E-state index in [4.69, 9.17) is 17.3 Å². The minimum Gasteiger partial charge on any atom is -0.467 e. The molecule has 0 bridgehead atoms. The van der Waals surface area contributed by atoms with Crippen molar-refractivity contribution >= 4 is 23.4 Å². The molecule has 0 rings (SSSR count). The molecular formula is C13H18ClF3N4O4. The molecule has 8 nitrogen and oxygen atoms in total. The number of amidine groups is 1. The van der Waals surface area contributed by atoms with Crippen LogP contribution in [0.25, 0.3) is 0 Å². The van der Waals surface area contributed by atoms with Crippen molar-refractivity contribution in [2.45, 2.75) is 32.0 Å². The van der Waals surface area contributed by atoms with Gasteiger partial charge >= 0.3 is 17.8 Å². The van der Waals surface area contributed by atoms with Gasteiger partial charge in [-0.25, -0.2) is 9.79 Å². The van der Waals surface area contributed by atoms with Crippen LogP contribution in [0.15, 0.2) is 28.6 Å². The Morgan fingerprint density at radius 2 is 2.12 bits per heavy atom.